The summed E-state index contributed by atoms with van der Waals surface area (Å²) in [4.78, 5) is 12.8. The van der Waals surface area contributed by atoms with Crippen LogP contribution in [0.4, 0.5) is 17.6 Å². The monoisotopic (exact) mass is 502 g/mol. The molecule has 0 spiro atoms. The average Bonchev–Trinajstić information content (AvgIpc) is 3.33. The van der Waals surface area contributed by atoms with Crippen LogP contribution in [0.1, 0.15) is 45.0 Å². The minimum absolute atomic E-state index is 0.184. The number of halogens is 5. The summed E-state index contributed by atoms with van der Waals surface area (Å²) in [5, 5.41) is 5.40. The molecule has 10 heteroatoms. The largest absolute Gasteiger partial charge is 0.496 e. The van der Waals surface area contributed by atoms with Gasteiger partial charge in [-0.2, -0.15) is 5.10 Å². The van der Waals surface area contributed by atoms with E-state index in [2.05, 4.69) is 21.0 Å². The third-order valence-electron chi connectivity index (χ3n) is 4.14. The Hall–Kier alpha value is -2.46. The van der Waals surface area contributed by atoms with Crippen molar-refractivity contribution in [1.29, 1.82) is 0 Å². The molecule has 0 aliphatic heterocycles. The average molecular weight is 503 g/mol. The minimum Gasteiger partial charge on any atom is -0.496 e. The van der Waals surface area contributed by atoms with Crippen LogP contribution in [-0.2, 0) is 6.54 Å². The molecule has 0 saturated carbocycles. The van der Waals surface area contributed by atoms with E-state index in [9.17, 15) is 22.4 Å². The smallest absolute Gasteiger partial charge is 0.282 e. The number of nitrogens with zero attached hydrogens (tertiary/aromatic N) is 2. The molecule has 158 valence electrons. The van der Waals surface area contributed by atoms with Crippen molar-refractivity contribution < 1.29 is 27.1 Å². The maximum Gasteiger partial charge on any atom is 0.282 e. The Morgan fingerprint density at radius 2 is 2.00 bits per heavy atom. The molecule has 2 aromatic heterocycles. The van der Waals surface area contributed by atoms with Crippen molar-refractivity contribution in [1.82, 2.24) is 9.78 Å². The van der Waals surface area contributed by atoms with Gasteiger partial charge in [-0.05, 0) is 51.8 Å². The second-order valence-electron chi connectivity index (χ2n) is 6.15. The lowest BCUT2D eigenvalue weighted by molar-refractivity contribution is 0.105. The lowest BCUT2D eigenvalue weighted by atomic mass is 10.1. The SMILES string of the molecule is COc1ccc(/C=C/C(=O)c2cc(Br)cs2)cc1Cn1nc(C(F)F)cc1C(F)F. The molecule has 0 N–H and O–H groups in total. The summed E-state index contributed by atoms with van der Waals surface area (Å²) < 4.78 is 59.2. The van der Waals surface area contributed by atoms with E-state index in [4.69, 9.17) is 4.74 Å². The maximum absolute atomic E-state index is 13.3. The number of ketones is 1. The molecule has 0 radical (unpaired) electrons. The van der Waals surface area contributed by atoms with Crippen molar-refractivity contribution in [3.63, 3.8) is 0 Å². The Morgan fingerprint density at radius 1 is 1.23 bits per heavy atom. The van der Waals surface area contributed by atoms with Crippen LogP contribution >= 0.6 is 27.3 Å². The zero-order valence-corrected chi connectivity index (χ0v) is 17.9. The minimum atomic E-state index is -2.96. The highest BCUT2D eigenvalue weighted by Crippen LogP contribution is 2.28. The summed E-state index contributed by atoms with van der Waals surface area (Å²) in [7, 11) is 1.41. The Morgan fingerprint density at radius 3 is 2.60 bits per heavy atom. The third-order valence-corrected chi connectivity index (χ3v) is 5.84. The predicted molar refractivity (Wildman–Crippen MR) is 110 cm³/mol. The van der Waals surface area contributed by atoms with E-state index in [1.807, 2.05) is 0 Å². The quantitative estimate of drug-likeness (QED) is 0.199. The number of allylic oxidation sites excluding steroid dienone is 1. The van der Waals surface area contributed by atoms with Gasteiger partial charge in [0.05, 0.1) is 18.5 Å². The molecule has 0 unspecified atom stereocenters. The Labute approximate surface area is 181 Å². The van der Waals surface area contributed by atoms with Crippen LogP contribution < -0.4 is 4.74 Å². The van der Waals surface area contributed by atoms with Gasteiger partial charge in [-0.1, -0.05) is 12.1 Å². The van der Waals surface area contributed by atoms with Gasteiger partial charge in [0.25, 0.3) is 12.9 Å². The van der Waals surface area contributed by atoms with Crippen molar-refractivity contribution in [3.05, 3.63) is 73.7 Å². The number of methoxy groups -OCH3 is 1. The zero-order chi connectivity index (χ0) is 21.8. The van der Waals surface area contributed by atoms with Gasteiger partial charge in [0, 0.05) is 15.4 Å². The molecule has 30 heavy (non-hydrogen) atoms. The highest BCUT2D eigenvalue weighted by atomic mass is 79.9. The first-order valence-electron chi connectivity index (χ1n) is 8.55. The van der Waals surface area contributed by atoms with Crippen molar-refractivity contribution in [2.24, 2.45) is 0 Å². The number of alkyl halides is 4. The number of hydrogen-bond donors (Lipinski definition) is 0. The van der Waals surface area contributed by atoms with Crippen LogP contribution in [0.3, 0.4) is 0 Å². The third kappa shape index (κ3) is 5.17. The van der Waals surface area contributed by atoms with E-state index >= 15 is 0 Å². The molecule has 0 atom stereocenters. The molecule has 3 rings (SSSR count). The van der Waals surface area contributed by atoms with Gasteiger partial charge in [-0.3, -0.25) is 9.48 Å². The van der Waals surface area contributed by atoms with Crippen LogP contribution in [0.5, 0.6) is 5.75 Å². The summed E-state index contributed by atoms with van der Waals surface area (Å²) in [5.41, 5.74) is -0.244. The lowest BCUT2D eigenvalue weighted by Crippen LogP contribution is -2.08. The molecule has 1 aromatic carbocycles. The van der Waals surface area contributed by atoms with Crippen LogP contribution in [0, 0.1) is 0 Å². The van der Waals surface area contributed by atoms with Crippen molar-refractivity contribution in [2.45, 2.75) is 19.4 Å². The van der Waals surface area contributed by atoms with Crippen molar-refractivity contribution >= 4 is 39.1 Å². The first kappa shape index (κ1) is 22.2. The summed E-state index contributed by atoms with van der Waals surface area (Å²) >= 11 is 4.59. The van der Waals surface area contributed by atoms with Gasteiger partial charge < -0.3 is 4.74 Å². The number of carbonyl (C=O) groups is 1. The first-order chi connectivity index (χ1) is 14.3. The summed E-state index contributed by atoms with van der Waals surface area (Å²) in [6.07, 6.45) is -2.93. The summed E-state index contributed by atoms with van der Waals surface area (Å²) in [5.74, 6) is 0.201. The highest BCUT2D eigenvalue weighted by Gasteiger charge is 2.22. The Kier molecular flexibility index (Phi) is 7.09. The molecule has 4 nitrogen and oxygen atoms in total. The summed E-state index contributed by atoms with van der Waals surface area (Å²) in [6, 6.07) is 7.34. The fourth-order valence-electron chi connectivity index (χ4n) is 2.74. The number of thiophene rings is 1. The molecule has 3 aromatic rings. The maximum atomic E-state index is 13.3. The fraction of sp³-hybridized carbons (Fsp3) is 0.200. The normalized spacial score (nSPS) is 11.7. The Bertz CT molecular complexity index is 1080. The van der Waals surface area contributed by atoms with Crippen molar-refractivity contribution in [2.75, 3.05) is 7.11 Å². The molecule has 0 aliphatic carbocycles. The zero-order valence-electron chi connectivity index (χ0n) is 15.5. The lowest BCUT2D eigenvalue weighted by Gasteiger charge is -2.12. The number of ether oxygens (including phenoxy) is 1. The van der Waals surface area contributed by atoms with Gasteiger partial charge in [0.2, 0.25) is 0 Å². The molecule has 0 bridgehead atoms. The number of hydrogen-bond acceptors (Lipinski definition) is 4. The van der Waals surface area contributed by atoms with Gasteiger partial charge in [-0.25, -0.2) is 17.6 Å². The van der Waals surface area contributed by atoms with Gasteiger partial charge >= 0.3 is 0 Å². The Balaban J connectivity index is 1.88. The topological polar surface area (TPSA) is 44.1 Å². The molecular weight excluding hydrogens is 488 g/mol. The van der Waals surface area contributed by atoms with Gasteiger partial charge in [-0.15, -0.1) is 11.3 Å². The molecule has 0 amide bonds. The highest BCUT2D eigenvalue weighted by molar-refractivity contribution is 9.10. The number of carbonyl (C=O) groups excluding carboxylic acids is 1. The van der Waals surface area contributed by atoms with Gasteiger partial charge in [0.15, 0.2) is 5.78 Å². The van der Waals surface area contributed by atoms with Gasteiger partial charge in [0.1, 0.15) is 17.1 Å². The van der Waals surface area contributed by atoms with E-state index in [-0.39, 0.29) is 12.3 Å². The van der Waals surface area contributed by atoms with Crippen molar-refractivity contribution in [3.8, 4) is 5.75 Å². The second kappa shape index (κ2) is 9.57. The van der Waals surface area contributed by atoms with E-state index < -0.39 is 24.2 Å². The standard InChI is InChI=1S/C20H15BrF4N2O2S/c1-29-17-5-3-11(2-4-16(28)18-7-13(21)10-30-18)6-12(17)9-27-15(20(24)25)8-14(26-27)19(22)23/h2-8,10,19-20H,9H2,1H3/b4-2+. The fourth-order valence-corrected chi connectivity index (χ4v) is 4.09. The van der Waals surface area contributed by atoms with Crippen LogP contribution in [0.2, 0.25) is 0 Å². The molecule has 2 heterocycles. The number of aromatic nitrogens is 2. The van der Waals surface area contributed by atoms with E-state index in [0.29, 0.717) is 27.8 Å². The van der Waals surface area contributed by atoms with Crippen LogP contribution in [0.15, 0.2) is 46.3 Å². The van der Waals surface area contributed by atoms with E-state index in [0.717, 1.165) is 9.15 Å². The number of benzene rings is 1. The molecule has 0 saturated heterocycles. The summed E-state index contributed by atoms with van der Waals surface area (Å²) in [6.45, 7) is -0.191. The van der Waals surface area contributed by atoms with Crippen LogP contribution in [0.25, 0.3) is 6.08 Å². The number of rotatable bonds is 8. The first-order valence-corrected chi connectivity index (χ1v) is 10.2. The van der Waals surface area contributed by atoms with Crippen LogP contribution in [-0.4, -0.2) is 22.7 Å². The molecular formula is C20H15BrF4N2O2S. The second-order valence-corrected chi connectivity index (χ2v) is 7.98. The van der Waals surface area contributed by atoms with E-state index in [1.165, 1.54) is 24.5 Å². The van der Waals surface area contributed by atoms with E-state index in [1.54, 1.807) is 35.7 Å². The molecule has 0 aliphatic rings. The predicted octanol–water partition coefficient (Wildman–Crippen LogP) is 6.54. The molecule has 0 fully saturated rings.